The number of aromatic nitrogens is 1. The molecular weight excluding hydrogens is 217 g/mol. The zero-order valence-electron chi connectivity index (χ0n) is 10.3. The third-order valence-electron chi connectivity index (χ3n) is 3.28. The van der Waals surface area contributed by atoms with Crippen molar-refractivity contribution >= 4 is 0 Å². The smallest absolute Gasteiger partial charge is 0.141 e. The van der Waals surface area contributed by atoms with Crippen LogP contribution in [0.1, 0.15) is 25.3 Å². The molecule has 3 nitrogen and oxygen atoms in total. The first-order valence-corrected chi connectivity index (χ1v) is 6.33. The molecule has 4 heteroatoms. The Morgan fingerprint density at radius 3 is 3.18 bits per heavy atom. The maximum atomic E-state index is 13.0. The van der Waals surface area contributed by atoms with Crippen molar-refractivity contribution in [2.45, 2.75) is 32.4 Å². The highest BCUT2D eigenvalue weighted by Crippen LogP contribution is 2.19. The van der Waals surface area contributed by atoms with Gasteiger partial charge in [-0.15, -0.1) is 0 Å². The Balaban J connectivity index is 1.93. The molecule has 1 unspecified atom stereocenters. The van der Waals surface area contributed by atoms with E-state index >= 15 is 0 Å². The van der Waals surface area contributed by atoms with Crippen LogP contribution in [0.15, 0.2) is 18.5 Å². The van der Waals surface area contributed by atoms with E-state index in [1.165, 1.54) is 19.0 Å². The van der Waals surface area contributed by atoms with Gasteiger partial charge in [-0.2, -0.15) is 0 Å². The summed E-state index contributed by atoms with van der Waals surface area (Å²) < 4.78 is 13.0. The number of nitrogens with zero attached hydrogens (tertiary/aromatic N) is 2. The van der Waals surface area contributed by atoms with Crippen LogP contribution in [0.25, 0.3) is 0 Å². The average molecular weight is 237 g/mol. The molecule has 2 heterocycles. The normalized spacial score (nSPS) is 20.9. The number of hydrogen-bond donors (Lipinski definition) is 1. The number of pyridine rings is 1. The molecule has 0 aliphatic carbocycles. The van der Waals surface area contributed by atoms with Gasteiger partial charge < -0.3 is 5.32 Å². The van der Waals surface area contributed by atoms with Crippen LogP contribution in [0.3, 0.4) is 0 Å². The van der Waals surface area contributed by atoms with Crippen molar-refractivity contribution in [3.8, 4) is 0 Å². The lowest BCUT2D eigenvalue weighted by atomic mass is 10.2. The summed E-state index contributed by atoms with van der Waals surface area (Å²) in [6, 6.07) is 2.16. The number of rotatable bonds is 5. The van der Waals surface area contributed by atoms with Gasteiger partial charge in [0.05, 0.1) is 6.20 Å². The number of nitrogens with one attached hydrogen (secondary N) is 1. The van der Waals surface area contributed by atoms with Gasteiger partial charge in [-0.05, 0) is 37.6 Å². The Hall–Kier alpha value is -1.00. The molecule has 1 N–H and O–H groups in total. The number of likely N-dealkylation sites (tertiary alicyclic amines) is 1. The van der Waals surface area contributed by atoms with Crippen LogP contribution < -0.4 is 5.32 Å². The Labute approximate surface area is 102 Å². The molecule has 2 rings (SSSR count). The molecule has 0 radical (unpaired) electrons. The van der Waals surface area contributed by atoms with Gasteiger partial charge in [0.15, 0.2) is 0 Å². The van der Waals surface area contributed by atoms with E-state index in [1.807, 2.05) is 0 Å². The Morgan fingerprint density at radius 1 is 1.53 bits per heavy atom. The van der Waals surface area contributed by atoms with Crippen LogP contribution in [-0.4, -0.2) is 35.6 Å². The molecule has 1 aromatic rings. The fraction of sp³-hybridized carbons (Fsp3) is 0.615. The zero-order valence-corrected chi connectivity index (χ0v) is 10.3. The summed E-state index contributed by atoms with van der Waals surface area (Å²) in [5.41, 5.74) is 0.966. The summed E-state index contributed by atoms with van der Waals surface area (Å²) in [4.78, 5) is 6.31. The van der Waals surface area contributed by atoms with Crippen molar-refractivity contribution in [1.82, 2.24) is 15.2 Å². The minimum Gasteiger partial charge on any atom is -0.315 e. The van der Waals surface area contributed by atoms with E-state index in [-0.39, 0.29) is 5.82 Å². The van der Waals surface area contributed by atoms with E-state index < -0.39 is 0 Å². The first-order valence-electron chi connectivity index (χ1n) is 6.33. The Morgan fingerprint density at radius 2 is 2.41 bits per heavy atom. The maximum Gasteiger partial charge on any atom is 0.141 e. The van der Waals surface area contributed by atoms with Crippen molar-refractivity contribution in [3.63, 3.8) is 0 Å². The highest BCUT2D eigenvalue weighted by Gasteiger charge is 2.23. The Bertz CT molecular complexity index is 356. The van der Waals surface area contributed by atoms with Crippen molar-refractivity contribution in [1.29, 1.82) is 0 Å². The molecule has 1 saturated heterocycles. The summed E-state index contributed by atoms with van der Waals surface area (Å²) in [5, 5.41) is 3.39. The van der Waals surface area contributed by atoms with Gasteiger partial charge in [-0.1, -0.05) is 6.92 Å². The minimum atomic E-state index is -0.245. The van der Waals surface area contributed by atoms with E-state index in [2.05, 4.69) is 22.1 Å². The van der Waals surface area contributed by atoms with Crippen LogP contribution >= 0.6 is 0 Å². The third kappa shape index (κ3) is 3.48. The van der Waals surface area contributed by atoms with Gasteiger partial charge in [0.2, 0.25) is 0 Å². The van der Waals surface area contributed by atoms with Gasteiger partial charge in [0.25, 0.3) is 0 Å². The first-order chi connectivity index (χ1) is 8.29. The fourth-order valence-corrected chi connectivity index (χ4v) is 2.42. The second-order valence-corrected chi connectivity index (χ2v) is 4.59. The number of halogens is 1. The molecule has 0 spiro atoms. The van der Waals surface area contributed by atoms with Crippen molar-refractivity contribution in [3.05, 3.63) is 29.8 Å². The molecule has 17 heavy (non-hydrogen) atoms. The van der Waals surface area contributed by atoms with E-state index in [9.17, 15) is 4.39 Å². The number of likely N-dealkylation sites (N-methyl/N-ethyl adjacent to an activating group) is 1. The highest BCUT2D eigenvalue weighted by atomic mass is 19.1. The van der Waals surface area contributed by atoms with Gasteiger partial charge in [0, 0.05) is 25.3 Å². The molecule has 0 amide bonds. The maximum absolute atomic E-state index is 13.0. The monoisotopic (exact) mass is 237 g/mol. The first kappa shape index (κ1) is 12.5. The van der Waals surface area contributed by atoms with Gasteiger partial charge in [0.1, 0.15) is 5.82 Å². The second kappa shape index (κ2) is 6.07. The molecule has 1 aromatic heterocycles. The lowest BCUT2D eigenvalue weighted by Crippen LogP contribution is -2.37. The lowest BCUT2D eigenvalue weighted by molar-refractivity contribution is 0.239. The van der Waals surface area contributed by atoms with Gasteiger partial charge in [-0.3, -0.25) is 9.88 Å². The minimum absolute atomic E-state index is 0.245. The van der Waals surface area contributed by atoms with E-state index in [0.29, 0.717) is 6.04 Å². The molecule has 1 atom stereocenters. The second-order valence-electron chi connectivity index (χ2n) is 4.59. The average Bonchev–Trinajstić information content (AvgIpc) is 2.74. The molecule has 0 bridgehead atoms. The standard InChI is InChI=1S/C13H20FN3/c1-2-15-9-13-4-3-5-17(13)10-11-6-12(14)8-16-7-11/h6-8,13,15H,2-5,9-10H2,1H3. The topological polar surface area (TPSA) is 28.2 Å². The predicted molar refractivity (Wildman–Crippen MR) is 66.2 cm³/mol. The van der Waals surface area contributed by atoms with Gasteiger partial charge >= 0.3 is 0 Å². The van der Waals surface area contributed by atoms with Gasteiger partial charge in [-0.25, -0.2) is 4.39 Å². The molecule has 0 saturated carbocycles. The fourth-order valence-electron chi connectivity index (χ4n) is 2.42. The van der Waals surface area contributed by atoms with Crippen molar-refractivity contribution < 1.29 is 4.39 Å². The van der Waals surface area contributed by atoms with Crippen LogP contribution in [0.4, 0.5) is 4.39 Å². The zero-order chi connectivity index (χ0) is 12.1. The summed E-state index contributed by atoms with van der Waals surface area (Å²) in [6.07, 6.45) is 5.48. The largest absolute Gasteiger partial charge is 0.315 e. The van der Waals surface area contributed by atoms with Crippen LogP contribution in [0.2, 0.25) is 0 Å². The van der Waals surface area contributed by atoms with Crippen molar-refractivity contribution in [2.75, 3.05) is 19.6 Å². The highest BCUT2D eigenvalue weighted by molar-refractivity contribution is 5.10. The molecule has 1 aliphatic rings. The summed E-state index contributed by atoms with van der Waals surface area (Å²) in [6.45, 7) is 6.06. The lowest BCUT2D eigenvalue weighted by Gasteiger charge is -2.24. The van der Waals surface area contributed by atoms with E-state index in [0.717, 1.165) is 31.7 Å². The predicted octanol–water partition coefficient (Wildman–Crippen LogP) is 1.79. The molecular formula is C13H20FN3. The molecule has 94 valence electrons. The van der Waals surface area contributed by atoms with Crippen LogP contribution in [-0.2, 0) is 6.54 Å². The molecule has 1 aliphatic heterocycles. The summed E-state index contributed by atoms with van der Waals surface area (Å²) in [7, 11) is 0. The van der Waals surface area contributed by atoms with E-state index in [4.69, 9.17) is 0 Å². The third-order valence-corrected chi connectivity index (χ3v) is 3.28. The summed E-state index contributed by atoms with van der Waals surface area (Å²) >= 11 is 0. The SMILES string of the molecule is CCNCC1CCCN1Cc1cncc(F)c1. The van der Waals surface area contributed by atoms with Crippen LogP contribution in [0, 0.1) is 5.82 Å². The van der Waals surface area contributed by atoms with Crippen molar-refractivity contribution in [2.24, 2.45) is 0 Å². The quantitative estimate of drug-likeness (QED) is 0.846. The Kier molecular flexibility index (Phi) is 4.45. The molecule has 1 fully saturated rings. The van der Waals surface area contributed by atoms with Crippen LogP contribution in [0.5, 0.6) is 0 Å². The summed E-state index contributed by atoms with van der Waals surface area (Å²) in [5.74, 6) is -0.245. The van der Waals surface area contributed by atoms with E-state index in [1.54, 1.807) is 12.3 Å². The number of hydrogen-bond acceptors (Lipinski definition) is 3. The molecule has 0 aromatic carbocycles.